The van der Waals surface area contributed by atoms with Crippen molar-refractivity contribution in [3.63, 3.8) is 0 Å². The van der Waals surface area contributed by atoms with Gasteiger partial charge in [-0.05, 0) is 37.9 Å². The van der Waals surface area contributed by atoms with Crippen molar-refractivity contribution >= 4 is 17.5 Å². The number of nitrogens with two attached hydrogens (primary N) is 1. The van der Waals surface area contributed by atoms with E-state index in [9.17, 15) is 18.4 Å². The molecular weight excluding hydrogens is 356 g/mol. The van der Waals surface area contributed by atoms with E-state index in [-0.39, 0.29) is 36.6 Å². The molecule has 148 valence electrons. The second kappa shape index (κ2) is 8.75. The lowest BCUT2D eigenvalue weighted by molar-refractivity contribution is -0.138. The third-order valence-corrected chi connectivity index (χ3v) is 5.13. The van der Waals surface area contributed by atoms with E-state index in [4.69, 9.17) is 10.5 Å². The molecule has 2 fully saturated rings. The number of carbonyl (C=O) groups excluding carboxylic acids is 2. The molecule has 0 spiro atoms. The van der Waals surface area contributed by atoms with Gasteiger partial charge in [0.05, 0.1) is 17.7 Å². The summed E-state index contributed by atoms with van der Waals surface area (Å²) >= 11 is 0. The van der Waals surface area contributed by atoms with Crippen LogP contribution in [0.4, 0.5) is 14.5 Å². The number of rotatable bonds is 6. The van der Waals surface area contributed by atoms with Gasteiger partial charge >= 0.3 is 0 Å². The predicted molar refractivity (Wildman–Crippen MR) is 96.0 cm³/mol. The third-order valence-electron chi connectivity index (χ3n) is 5.13. The number of halogens is 2. The first-order valence-corrected chi connectivity index (χ1v) is 9.35. The molecule has 2 aliphatic rings. The fourth-order valence-electron chi connectivity index (χ4n) is 3.64. The number of hydrogen-bond donors (Lipinski definition) is 1. The van der Waals surface area contributed by atoms with Gasteiger partial charge in [-0.1, -0.05) is 0 Å². The summed E-state index contributed by atoms with van der Waals surface area (Å²) in [5.74, 6) is -2.41. The summed E-state index contributed by atoms with van der Waals surface area (Å²) in [4.78, 5) is 28.0. The number of hydrogen-bond acceptors (Lipinski definition) is 4. The first kappa shape index (κ1) is 19.7. The number of anilines is 1. The average molecular weight is 381 g/mol. The van der Waals surface area contributed by atoms with Crippen molar-refractivity contribution < 1.29 is 23.1 Å². The molecular formula is C19H25F2N3O3. The molecule has 2 saturated heterocycles. The highest BCUT2D eigenvalue weighted by molar-refractivity contribution is 6.00. The Morgan fingerprint density at radius 2 is 2.00 bits per heavy atom. The molecule has 1 unspecified atom stereocenters. The lowest BCUT2D eigenvalue weighted by atomic mass is 10.0. The molecule has 2 aliphatic heterocycles. The number of amides is 2. The van der Waals surface area contributed by atoms with Crippen LogP contribution in [0.15, 0.2) is 18.2 Å². The Hall–Kier alpha value is -2.06. The Morgan fingerprint density at radius 3 is 2.67 bits per heavy atom. The summed E-state index contributed by atoms with van der Waals surface area (Å²) in [7, 11) is 0. The van der Waals surface area contributed by atoms with Gasteiger partial charge in [-0.3, -0.25) is 9.59 Å². The third kappa shape index (κ3) is 4.62. The minimum Gasteiger partial charge on any atom is -0.378 e. The normalized spacial score (nSPS) is 21.1. The van der Waals surface area contributed by atoms with E-state index in [1.807, 2.05) is 0 Å². The van der Waals surface area contributed by atoms with Crippen LogP contribution < -0.4 is 10.6 Å². The molecule has 6 nitrogen and oxygen atoms in total. The van der Waals surface area contributed by atoms with Crippen LogP contribution in [0.2, 0.25) is 0 Å². The van der Waals surface area contributed by atoms with Crippen LogP contribution in [-0.2, 0) is 14.3 Å². The van der Waals surface area contributed by atoms with Crippen molar-refractivity contribution in [2.45, 2.75) is 31.8 Å². The van der Waals surface area contributed by atoms with Gasteiger partial charge in [-0.15, -0.1) is 0 Å². The van der Waals surface area contributed by atoms with Gasteiger partial charge in [0.25, 0.3) is 0 Å². The summed E-state index contributed by atoms with van der Waals surface area (Å²) in [6.45, 7) is 2.51. The van der Waals surface area contributed by atoms with Crippen molar-refractivity contribution in [3.05, 3.63) is 29.8 Å². The highest BCUT2D eigenvalue weighted by atomic mass is 19.1. The van der Waals surface area contributed by atoms with E-state index in [0.29, 0.717) is 26.2 Å². The van der Waals surface area contributed by atoms with E-state index in [1.54, 1.807) is 4.90 Å². The Labute approximate surface area is 157 Å². The van der Waals surface area contributed by atoms with Crippen molar-refractivity contribution in [1.82, 2.24) is 4.90 Å². The number of ether oxygens (including phenoxy) is 1. The SMILES string of the molecule is NCCCOC1CCN(C(=O)C2CC(=O)N(c3ccc(F)cc3F)C2)CC1. The maximum absolute atomic E-state index is 14.0. The van der Waals surface area contributed by atoms with Crippen molar-refractivity contribution in [2.24, 2.45) is 11.7 Å². The largest absolute Gasteiger partial charge is 0.378 e. The summed E-state index contributed by atoms with van der Waals surface area (Å²) in [5, 5.41) is 0. The first-order valence-electron chi connectivity index (χ1n) is 9.35. The molecule has 0 saturated carbocycles. The number of likely N-dealkylation sites (tertiary alicyclic amines) is 1. The van der Waals surface area contributed by atoms with Gasteiger partial charge in [-0.2, -0.15) is 0 Å². The van der Waals surface area contributed by atoms with Crippen molar-refractivity contribution in [3.8, 4) is 0 Å². The van der Waals surface area contributed by atoms with Crippen LogP contribution in [0, 0.1) is 17.6 Å². The van der Waals surface area contributed by atoms with E-state index in [0.717, 1.165) is 31.4 Å². The molecule has 0 aromatic heterocycles. The zero-order valence-electron chi connectivity index (χ0n) is 15.2. The maximum atomic E-state index is 14.0. The Bertz CT molecular complexity index is 693. The number of carbonyl (C=O) groups is 2. The molecule has 0 bridgehead atoms. The second-order valence-corrected chi connectivity index (χ2v) is 7.04. The predicted octanol–water partition coefficient (Wildman–Crippen LogP) is 1.67. The van der Waals surface area contributed by atoms with E-state index in [2.05, 4.69) is 0 Å². The highest BCUT2D eigenvalue weighted by Gasteiger charge is 2.39. The number of benzene rings is 1. The monoisotopic (exact) mass is 381 g/mol. The minimum absolute atomic E-state index is 0.0173. The summed E-state index contributed by atoms with van der Waals surface area (Å²) in [6.07, 6.45) is 2.51. The highest BCUT2D eigenvalue weighted by Crippen LogP contribution is 2.29. The van der Waals surface area contributed by atoms with Crippen LogP contribution >= 0.6 is 0 Å². The van der Waals surface area contributed by atoms with Crippen LogP contribution in [0.5, 0.6) is 0 Å². The van der Waals surface area contributed by atoms with Gasteiger partial charge in [0, 0.05) is 38.7 Å². The van der Waals surface area contributed by atoms with Crippen molar-refractivity contribution in [1.29, 1.82) is 0 Å². The molecule has 2 heterocycles. The van der Waals surface area contributed by atoms with Gasteiger partial charge in [0.15, 0.2) is 0 Å². The van der Waals surface area contributed by atoms with E-state index in [1.165, 1.54) is 11.0 Å². The Balaban J connectivity index is 1.55. The molecule has 8 heteroatoms. The Kier molecular flexibility index (Phi) is 6.38. The fourth-order valence-corrected chi connectivity index (χ4v) is 3.64. The van der Waals surface area contributed by atoms with Gasteiger partial charge in [0.2, 0.25) is 11.8 Å². The number of nitrogens with zero attached hydrogens (tertiary/aromatic N) is 2. The summed E-state index contributed by atoms with van der Waals surface area (Å²) in [5.41, 5.74) is 5.47. The molecule has 1 atom stereocenters. The van der Waals surface area contributed by atoms with E-state index >= 15 is 0 Å². The molecule has 2 amide bonds. The molecule has 2 N–H and O–H groups in total. The summed E-state index contributed by atoms with van der Waals surface area (Å²) in [6, 6.07) is 3.09. The topological polar surface area (TPSA) is 75.9 Å². The molecule has 1 aromatic carbocycles. The molecule has 3 rings (SSSR count). The molecule has 1 aromatic rings. The van der Waals surface area contributed by atoms with Crippen LogP contribution in [0.3, 0.4) is 0 Å². The lowest BCUT2D eigenvalue weighted by Crippen LogP contribution is -2.44. The van der Waals surface area contributed by atoms with Crippen LogP contribution in [0.1, 0.15) is 25.7 Å². The molecule has 0 radical (unpaired) electrons. The first-order chi connectivity index (χ1) is 13.0. The van der Waals surface area contributed by atoms with Gasteiger partial charge in [-0.25, -0.2) is 8.78 Å². The standard InChI is InChI=1S/C19H25F2N3O3/c20-14-2-3-17(16(21)11-14)24-12-13(10-18(24)25)19(26)23-7-4-15(5-8-23)27-9-1-6-22/h2-3,11,13,15H,1,4-10,12,22H2. The van der Waals surface area contributed by atoms with E-state index < -0.39 is 17.6 Å². The lowest BCUT2D eigenvalue weighted by Gasteiger charge is -2.33. The molecule has 0 aliphatic carbocycles. The smallest absolute Gasteiger partial charge is 0.228 e. The molecule has 27 heavy (non-hydrogen) atoms. The second-order valence-electron chi connectivity index (χ2n) is 7.04. The quantitative estimate of drug-likeness (QED) is 0.761. The summed E-state index contributed by atoms with van der Waals surface area (Å²) < 4.78 is 32.8. The van der Waals surface area contributed by atoms with Crippen LogP contribution in [-0.4, -0.2) is 55.6 Å². The minimum atomic E-state index is -0.799. The van der Waals surface area contributed by atoms with Crippen LogP contribution in [0.25, 0.3) is 0 Å². The zero-order chi connectivity index (χ0) is 19.4. The van der Waals surface area contributed by atoms with Gasteiger partial charge < -0.3 is 20.3 Å². The Morgan fingerprint density at radius 1 is 1.26 bits per heavy atom. The zero-order valence-corrected chi connectivity index (χ0v) is 15.2. The fraction of sp³-hybridized carbons (Fsp3) is 0.579. The maximum Gasteiger partial charge on any atom is 0.228 e. The van der Waals surface area contributed by atoms with Crippen molar-refractivity contribution in [2.75, 3.05) is 37.7 Å². The van der Waals surface area contributed by atoms with Gasteiger partial charge in [0.1, 0.15) is 11.6 Å². The average Bonchev–Trinajstić information content (AvgIpc) is 3.03. The number of piperidine rings is 1.